The van der Waals surface area contributed by atoms with Gasteiger partial charge < -0.3 is 15.2 Å². The first kappa shape index (κ1) is 17.5. The van der Waals surface area contributed by atoms with Crippen LogP contribution in [0.2, 0.25) is 0 Å². The number of urea groups is 1. The average molecular weight is 342 g/mol. The van der Waals surface area contributed by atoms with Crippen LogP contribution in [0.5, 0.6) is 0 Å². The molecule has 0 spiro atoms. The summed E-state index contributed by atoms with van der Waals surface area (Å²) in [4.78, 5) is 14.4. The van der Waals surface area contributed by atoms with E-state index in [9.17, 15) is 4.79 Å². The fraction of sp³-hybridized carbons (Fsp3) is 0.474. The number of aryl methyl sites for hydroxylation is 1. The summed E-state index contributed by atoms with van der Waals surface area (Å²) in [6.07, 6.45) is 2.34. The number of amides is 2. The van der Waals surface area contributed by atoms with Crippen molar-refractivity contribution in [3.8, 4) is 0 Å². The van der Waals surface area contributed by atoms with Gasteiger partial charge in [-0.3, -0.25) is 4.90 Å². The molecule has 1 aromatic carbocycles. The van der Waals surface area contributed by atoms with E-state index < -0.39 is 0 Å². The molecule has 0 aliphatic carbocycles. The molecule has 1 aromatic heterocycles. The quantitative estimate of drug-likeness (QED) is 0.847. The number of nitrogens with one attached hydrogen (secondary N) is 2. The minimum atomic E-state index is -0.152. The molecule has 1 aliphatic rings. The number of likely N-dealkylation sites (tertiary alicyclic amines) is 1. The number of nitrogens with zero attached hydrogens (tertiary/aromatic N) is 2. The number of carbonyl (C=O) groups is 1. The van der Waals surface area contributed by atoms with Crippen LogP contribution in [-0.2, 0) is 13.1 Å². The second-order valence-corrected chi connectivity index (χ2v) is 6.72. The van der Waals surface area contributed by atoms with Gasteiger partial charge in [0.2, 0.25) is 0 Å². The molecule has 2 N–H and O–H groups in total. The van der Waals surface area contributed by atoms with Gasteiger partial charge in [0.1, 0.15) is 11.5 Å². The van der Waals surface area contributed by atoms with Gasteiger partial charge in [-0.25, -0.2) is 4.79 Å². The van der Waals surface area contributed by atoms with E-state index >= 15 is 0 Å². The smallest absolute Gasteiger partial charge is 0.315 e. The van der Waals surface area contributed by atoms with E-state index in [2.05, 4.69) is 45.0 Å². The highest BCUT2D eigenvalue weighted by atomic mass is 16.5. The third kappa shape index (κ3) is 5.60. The zero-order valence-corrected chi connectivity index (χ0v) is 14.7. The molecule has 2 amide bonds. The van der Waals surface area contributed by atoms with Crippen LogP contribution in [0.25, 0.3) is 0 Å². The summed E-state index contributed by atoms with van der Waals surface area (Å²) in [6, 6.07) is 12.2. The maximum Gasteiger partial charge on any atom is 0.315 e. The number of hydrogen-bond donors (Lipinski definition) is 2. The SMILES string of the molecule is Cc1cc(CNC(=O)NC[C@@H]2CCCN(Cc3ccccc3)C2)no1. The molecule has 25 heavy (non-hydrogen) atoms. The first-order valence-corrected chi connectivity index (χ1v) is 8.89. The Morgan fingerprint density at radius 2 is 2.16 bits per heavy atom. The van der Waals surface area contributed by atoms with E-state index in [4.69, 9.17) is 4.52 Å². The van der Waals surface area contributed by atoms with Crippen LogP contribution in [0.15, 0.2) is 40.9 Å². The van der Waals surface area contributed by atoms with Crippen LogP contribution < -0.4 is 10.6 Å². The molecule has 2 aromatic rings. The zero-order valence-electron chi connectivity index (χ0n) is 14.7. The van der Waals surface area contributed by atoms with Crippen molar-refractivity contribution < 1.29 is 9.32 Å². The highest BCUT2D eigenvalue weighted by Crippen LogP contribution is 2.18. The highest BCUT2D eigenvalue weighted by Gasteiger charge is 2.20. The van der Waals surface area contributed by atoms with Crippen molar-refractivity contribution in [2.24, 2.45) is 5.92 Å². The molecule has 0 radical (unpaired) electrons. The van der Waals surface area contributed by atoms with E-state index in [0.29, 0.717) is 19.0 Å². The Labute approximate surface area is 148 Å². The molecule has 1 fully saturated rings. The lowest BCUT2D eigenvalue weighted by atomic mass is 9.97. The van der Waals surface area contributed by atoms with Gasteiger partial charge in [-0.15, -0.1) is 0 Å². The monoisotopic (exact) mass is 342 g/mol. The maximum absolute atomic E-state index is 11.9. The van der Waals surface area contributed by atoms with Gasteiger partial charge in [0.25, 0.3) is 0 Å². The lowest BCUT2D eigenvalue weighted by molar-refractivity contribution is 0.165. The molecule has 1 saturated heterocycles. The van der Waals surface area contributed by atoms with E-state index in [1.165, 1.54) is 12.0 Å². The molecule has 0 unspecified atom stereocenters. The minimum absolute atomic E-state index is 0.152. The summed E-state index contributed by atoms with van der Waals surface area (Å²) >= 11 is 0. The van der Waals surface area contributed by atoms with Crippen LogP contribution in [0.1, 0.15) is 29.9 Å². The molecule has 134 valence electrons. The van der Waals surface area contributed by atoms with Crippen LogP contribution in [0.4, 0.5) is 4.79 Å². The van der Waals surface area contributed by atoms with Gasteiger partial charge in [0.05, 0.1) is 6.54 Å². The lowest BCUT2D eigenvalue weighted by Gasteiger charge is -2.32. The third-order valence-electron chi connectivity index (χ3n) is 4.51. The predicted molar refractivity (Wildman–Crippen MR) is 95.9 cm³/mol. The zero-order chi connectivity index (χ0) is 17.5. The standard InChI is InChI=1S/C19H26N4O2/c1-15-10-18(22-25-15)12-21-19(24)20-11-17-8-5-9-23(14-17)13-16-6-3-2-4-7-16/h2-4,6-7,10,17H,5,8-9,11-14H2,1H3,(H2,20,21,24)/t17-/m0/s1. The number of carbonyl (C=O) groups excluding carboxylic acids is 1. The second kappa shape index (κ2) is 8.67. The minimum Gasteiger partial charge on any atom is -0.361 e. The normalized spacial score (nSPS) is 18.0. The lowest BCUT2D eigenvalue weighted by Crippen LogP contribution is -2.43. The van der Waals surface area contributed by atoms with Crippen molar-refractivity contribution >= 4 is 6.03 Å². The number of benzene rings is 1. The van der Waals surface area contributed by atoms with E-state index in [0.717, 1.165) is 37.5 Å². The number of hydrogen-bond acceptors (Lipinski definition) is 4. The van der Waals surface area contributed by atoms with Crippen molar-refractivity contribution in [2.45, 2.75) is 32.9 Å². The Hall–Kier alpha value is -2.34. The van der Waals surface area contributed by atoms with Gasteiger partial charge in [0.15, 0.2) is 0 Å². The van der Waals surface area contributed by atoms with Gasteiger partial charge in [-0.2, -0.15) is 0 Å². The molecular weight excluding hydrogens is 316 g/mol. The molecule has 0 bridgehead atoms. The van der Waals surface area contributed by atoms with Gasteiger partial charge in [0, 0.05) is 25.7 Å². The largest absolute Gasteiger partial charge is 0.361 e. The molecule has 6 heteroatoms. The van der Waals surface area contributed by atoms with Gasteiger partial charge >= 0.3 is 6.03 Å². The molecule has 2 heterocycles. The number of piperidine rings is 1. The number of aromatic nitrogens is 1. The Bertz CT molecular complexity index is 671. The fourth-order valence-electron chi connectivity index (χ4n) is 3.27. The van der Waals surface area contributed by atoms with Crippen molar-refractivity contribution in [2.75, 3.05) is 19.6 Å². The average Bonchev–Trinajstić information content (AvgIpc) is 3.05. The summed E-state index contributed by atoms with van der Waals surface area (Å²) in [5.41, 5.74) is 2.08. The topological polar surface area (TPSA) is 70.4 Å². The molecule has 1 aliphatic heterocycles. The first-order valence-electron chi connectivity index (χ1n) is 8.89. The Kier molecular flexibility index (Phi) is 6.06. The molecule has 0 saturated carbocycles. The summed E-state index contributed by atoms with van der Waals surface area (Å²) in [6.45, 7) is 6.06. The van der Waals surface area contributed by atoms with Gasteiger partial charge in [-0.05, 0) is 37.8 Å². The van der Waals surface area contributed by atoms with E-state index in [1.54, 1.807) is 0 Å². The van der Waals surface area contributed by atoms with Crippen LogP contribution in [0, 0.1) is 12.8 Å². The fourth-order valence-corrected chi connectivity index (χ4v) is 3.27. The number of rotatable bonds is 6. The Morgan fingerprint density at radius 1 is 1.32 bits per heavy atom. The summed E-state index contributed by atoms with van der Waals surface area (Å²) in [5.74, 6) is 1.25. The van der Waals surface area contributed by atoms with Crippen LogP contribution in [-0.4, -0.2) is 35.7 Å². The Morgan fingerprint density at radius 3 is 2.92 bits per heavy atom. The molecule has 1 atom stereocenters. The first-order chi connectivity index (χ1) is 12.2. The summed E-state index contributed by atoms with van der Waals surface area (Å²) in [7, 11) is 0. The van der Waals surface area contributed by atoms with Crippen LogP contribution in [0.3, 0.4) is 0 Å². The Balaban J connectivity index is 1.38. The van der Waals surface area contributed by atoms with Crippen molar-refractivity contribution in [3.05, 3.63) is 53.4 Å². The highest BCUT2D eigenvalue weighted by molar-refractivity contribution is 5.73. The molecule has 3 rings (SSSR count). The maximum atomic E-state index is 11.9. The van der Waals surface area contributed by atoms with Gasteiger partial charge in [-0.1, -0.05) is 35.5 Å². The second-order valence-electron chi connectivity index (χ2n) is 6.72. The molecule has 6 nitrogen and oxygen atoms in total. The summed E-state index contributed by atoms with van der Waals surface area (Å²) in [5, 5.41) is 9.66. The van der Waals surface area contributed by atoms with Crippen molar-refractivity contribution in [1.82, 2.24) is 20.7 Å². The third-order valence-corrected chi connectivity index (χ3v) is 4.51. The molecular formula is C19H26N4O2. The summed E-state index contributed by atoms with van der Waals surface area (Å²) < 4.78 is 4.99. The van der Waals surface area contributed by atoms with Crippen molar-refractivity contribution in [1.29, 1.82) is 0 Å². The van der Waals surface area contributed by atoms with Crippen LogP contribution >= 0.6 is 0 Å². The van der Waals surface area contributed by atoms with E-state index in [1.807, 2.05) is 19.1 Å². The van der Waals surface area contributed by atoms with E-state index in [-0.39, 0.29) is 6.03 Å². The predicted octanol–water partition coefficient (Wildman–Crippen LogP) is 2.69. The van der Waals surface area contributed by atoms with Crippen molar-refractivity contribution in [3.63, 3.8) is 0 Å².